The number of ether oxygens (including phenoxy) is 1. The molecule has 2 aromatic rings. The van der Waals surface area contributed by atoms with Gasteiger partial charge in [0.15, 0.2) is 6.61 Å². The number of nitrogens with zero attached hydrogens (tertiary/aromatic N) is 1. The van der Waals surface area contributed by atoms with E-state index in [1.807, 2.05) is 45.9 Å². The lowest BCUT2D eigenvalue weighted by Crippen LogP contribution is -2.53. The molecule has 5 nitrogen and oxygen atoms in total. The molecule has 0 saturated carbocycles. The van der Waals surface area contributed by atoms with Gasteiger partial charge in [-0.05, 0) is 58.4 Å². The second-order valence-corrected chi connectivity index (χ2v) is 9.01. The molecule has 30 heavy (non-hydrogen) atoms. The summed E-state index contributed by atoms with van der Waals surface area (Å²) < 4.78 is 5.72. The Bertz CT molecular complexity index is 889. The van der Waals surface area contributed by atoms with E-state index in [1.54, 1.807) is 31.2 Å². The molecular weight excluding hydrogens is 423 g/mol. The Balaban J connectivity index is 2.26. The number of rotatable bonds is 7. The van der Waals surface area contributed by atoms with Crippen LogP contribution in [0.5, 0.6) is 5.75 Å². The number of amides is 2. The maximum Gasteiger partial charge on any atom is 0.261 e. The van der Waals surface area contributed by atoms with Crippen molar-refractivity contribution in [3.05, 3.63) is 63.6 Å². The number of nitrogens with one attached hydrogen (secondary N) is 1. The largest absolute Gasteiger partial charge is 0.484 e. The lowest BCUT2D eigenvalue weighted by molar-refractivity contribution is -0.142. The summed E-state index contributed by atoms with van der Waals surface area (Å²) in [5.74, 6) is 0.00842. The molecule has 0 radical (unpaired) electrons. The highest BCUT2D eigenvalue weighted by Crippen LogP contribution is 2.27. The van der Waals surface area contributed by atoms with Crippen LogP contribution in [0, 0.1) is 6.92 Å². The number of aryl methyl sites for hydroxylation is 1. The van der Waals surface area contributed by atoms with Gasteiger partial charge >= 0.3 is 0 Å². The summed E-state index contributed by atoms with van der Waals surface area (Å²) in [6.07, 6.45) is 0. The highest BCUT2D eigenvalue weighted by Gasteiger charge is 2.29. The van der Waals surface area contributed by atoms with E-state index in [-0.39, 0.29) is 25.0 Å². The van der Waals surface area contributed by atoms with Crippen molar-refractivity contribution in [1.29, 1.82) is 0 Å². The smallest absolute Gasteiger partial charge is 0.261 e. The van der Waals surface area contributed by atoms with Crippen LogP contribution in [0.15, 0.2) is 42.5 Å². The van der Waals surface area contributed by atoms with E-state index >= 15 is 0 Å². The zero-order chi connectivity index (χ0) is 22.5. The fourth-order valence-corrected chi connectivity index (χ4v) is 3.37. The van der Waals surface area contributed by atoms with E-state index in [0.29, 0.717) is 21.4 Å². The molecule has 0 aliphatic heterocycles. The number of hydrogen-bond donors (Lipinski definition) is 1. The van der Waals surface area contributed by atoms with Gasteiger partial charge in [0.05, 0.1) is 0 Å². The van der Waals surface area contributed by atoms with Gasteiger partial charge in [0.1, 0.15) is 11.8 Å². The van der Waals surface area contributed by atoms with Crippen molar-refractivity contribution in [2.24, 2.45) is 0 Å². The lowest BCUT2D eigenvalue weighted by atomic mass is 10.1. The zero-order valence-electron chi connectivity index (χ0n) is 18.0. The van der Waals surface area contributed by atoms with Gasteiger partial charge in [-0.3, -0.25) is 9.59 Å². The summed E-state index contributed by atoms with van der Waals surface area (Å²) in [5.41, 5.74) is 1.07. The molecule has 0 aliphatic rings. The minimum Gasteiger partial charge on any atom is -0.484 e. The van der Waals surface area contributed by atoms with Crippen molar-refractivity contribution in [2.45, 2.75) is 52.7 Å². The highest BCUT2D eigenvalue weighted by molar-refractivity contribution is 6.36. The number of para-hydroxylation sites is 1. The number of carbonyl (C=O) groups is 2. The van der Waals surface area contributed by atoms with Crippen LogP contribution in [0.25, 0.3) is 0 Å². The molecule has 2 aromatic carbocycles. The van der Waals surface area contributed by atoms with E-state index < -0.39 is 11.6 Å². The molecule has 2 amide bonds. The third-order valence-electron chi connectivity index (χ3n) is 4.50. The molecule has 0 spiro atoms. The van der Waals surface area contributed by atoms with Crippen LogP contribution in [0.2, 0.25) is 10.0 Å². The predicted octanol–water partition coefficient (Wildman–Crippen LogP) is 5.01. The second-order valence-electron chi connectivity index (χ2n) is 8.19. The Hall–Kier alpha value is -2.24. The van der Waals surface area contributed by atoms with Gasteiger partial charge in [-0.15, -0.1) is 0 Å². The van der Waals surface area contributed by atoms with Gasteiger partial charge in [-0.1, -0.05) is 47.5 Å². The monoisotopic (exact) mass is 450 g/mol. The first-order valence-electron chi connectivity index (χ1n) is 9.72. The molecule has 0 saturated heterocycles. The van der Waals surface area contributed by atoms with E-state index in [2.05, 4.69) is 5.32 Å². The molecule has 0 heterocycles. The van der Waals surface area contributed by atoms with Crippen molar-refractivity contribution in [2.75, 3.05) is 6.61 Å². The van der Waals surface area contributed by atoms with Gasteiger partial charge in [0.2, 0.25) is 5.91 Å². The topological polar surface area (TPSA) is 58.6 Å². The summed E-state index contributed by atoms with van der Waals surface area (Å²) in [6, 6.07) is 11.8. The highest BCUT2D eigenvalue weighted by atomic mass is 35.5. The van der Waals surface area contributed by atoms with E-state index in [9.17, 15) is 9.59 Å². The van der Waals surface area contributed by atoms with Crippen LogP contribution in [0.3, 0.4) is 0 Å². The third kappa shape index (κ3) is 6.64. The normalized spacial score (nSPS) is 12.2. The first kappa shape index (κ1) is 24.0. The zero-order valence-corrected chi connectivity index (χ0v) is 19.5. The van der Waals surface area contributed by atoms with Gasteiger partial charge in [-0.2, -0.15) is 0 Å². The maximum atomic E-state index is 13.1. The summed E-state index contributed by atoms with van der Waals surface area (Å²) in [6.45, 7) is 9.12. The van der Waals surface area contributed by atoms with Gasteiger partial charge in [-0.25, -0.2) is 0 Å². The fourth-order valence-electron chi connectivity index (χ4n) is 2.85. The molecule has 0 unspecified atom stereocenters. The van der Waals surface area contributed by atoms with E-state index in [0.717, 1.165) is 5.56 Å². The Morgan fingerprint density at radius 1 is 1.07 bits per heavy atom. The minimum atomic E-state index is -0.746. The van der Waals surface area contributed by atoms with Gasteiger partial charge in [0, 0.05) is 27.7 Å². The van der Waals surface area contributed by atoms with Crippen molar-refractivity contribution in [3.63, 3.8) is 0 Å². The molecular formula is C23H28Cl2N2O3. The second kappa shape index (κ2) is 10.2. The first-order valence-corrected chi connectivity index (χ1v) is 10.5. The van der Waals surface area contributed by atoms with Crippen LogP contribution in [0.1, 0.15) is 38.8 Å². The SMILES string of the molecule is Cc1ccccc1OCC(=O)N(Cc1c(Cl)cccc1Cl)[C@H](C)C(=O)NC(C)(C)C. The van der Waals surface area contributed by atoms with Crippen molar-refractivity contribution in [1.82, 2.24) is 10.2 Å². The standard InChI is InChI=1S/C23H28Cl2N2O3/c1-15-9-6-7-12-20(15)30-14-21(28)27(16(2)22(29)26-23(3,4)5)13-17-18(24)10-8-11-19(17)25/h6-12,16H,13-14H2,1-5H3,(H,26,29)/t16-/m1/s1. The first-order chi connectivity index (χ1) is 14.0. The third-order valence-corrected chi connectivity index (χ3v) is 5.21. The van der Waals surface area contributed by atoms with E-state index in [4.69, 9.17) is 27.9 Å². The van der Waals surface area contributed by atoms with E-state index in [1.165, 1.54) is 4.90 Å². The van der Waals surface area contributed by atoms with Crippen molar-refractivity contribution in [3.8, 4) is 5.75 Å². The number of benzene rings is 2. The molecule has 1 atom stereocenters. The predicted molar refractivity (Wildman–Crippen MR) is 121 cm³/mol. The van der Waals surface area contributed by atoms with Crippen LogP contribution in [0.4, 0.5) is 0 Å². The fraction of sp³-hybridized carbons (Fsp3) is 0.391. The molecule has 0 bridgehead atoms. The van der Waals surface area contributed by atoms with Crippen molar-refractivity contribution < 1.29 is 14.3 Å². The van der Waals surface area contributed by atoms with Gasteiger partial charge in [0.25, 0.3) is 5.91 Å². The quantitative estimate of drug-likeness (QED) is 0.644. The van der Waals surface area contributed by atoms with Crippen LogP contribution < -0.4 is 10.1 Å². The molecule has 0 fully saturated rings. The number of halogens is 2. The van der Waals surface area contributed by atoms with Crippen LogP contribution in [-0.4, -0.2) is 34.9 Å². The van der Waals surface area contributed by atoms with Crippen molar-refractivity contribution >= 4 is 35.0 Å². The molecule has 7 heteroatoms. The Morgan fingerprint density at radius 3 is 2.23 bits per heavy atom. The average molecular weight is 451 g/mol. The Labute approximate surface area is 188 Å². The Morgan fingerprint density at radius 2 is 1.67 bits per heavy atom. The Kier molecular flexibility index (Phi) is 8.16. The summed E-state index contributed by atoms with van der Waals surface area (Å²) in [4.78, 5) is 27.3. The minimum absolute atomic E-state index is 0.0905. The average Bonchev–Trinajstić information content (AvgIpc) is 2.65. The molecule has 1 N–H and O–H groups in total. The number of carbonyl (C=O) groups excluding carboxylic acids is 2. The molecule has 2 rings (SSSR count). The van der Waals surface area contributed by atoms with Crippen LogP contribution >= 0.6 is 23.2 Å². The number of hydrogen-bond acceptors (Lipinski definition) is 3. The maximum absolute atomic E-state index is 13.1. The molecule has 0 aliphatic carbocycles. The molecule has 162 valence electrons. The van der Waals surface area contributed by atoms with Gasteiger partial charge < -0.3 is 15.0 Å². The summed E-state index contributed by atoms with van der Waals surface area (Å²) >= 11 is 12.6. The lowest BCUT2D eigenvalue weighted by Gasteiger charge is -2.31. The van der Waals surface area contributed by atoms with Crippen LogP contribution in [-0.2, 0) is 16.1 Å². The summed E-state index contributed by atoms with van der Waals surface area (Å²) in [7, 11) is 0. The summed E-state index contributed by atoms with van der Waals surface area (Å²) in [5, 5.41) is 3.78. The molecule has 0 aromatic heterocycles.